The lowest BCUT2D eigenvalue weighted by Crippen LogP contribution is -2.23. The molecule has 1 fully saturated rings. The largest absolute Gasteiger partial charge is 0.493 e. The fraction of sp³-hybridized carbons (Fsp3) is 0.286. The van der Waals surface area contributed by atoms with Gasteiger partial charge in [-0.25, -0.2) is 0 Å². The number of aromatic nitrogens is 1. The summed E-state index contributed by atoms with van der Waals surface area (Å²) < 4.78 is 11.6. The second kappa shape index (κ2) is 7.11. The highest BCUT2D eigenvalue weighted by Crippen LogP contribution is 2.33. The molecule has 0 saturated carbocycles. The van der Waals surface area contributed by atoms with E-state index in [2.05, 4.69) is 29.2 Å². The topological polar surface area (TPSA) is 51.3 Å². The van der Waals surface area contributed by atoms with Crippen molar-refractivity contribution in [1.82, 2.24) is 4.98 Å². The van der Waals surface area contributed by atoms with E-state index in [0.717, 1.165) is 53.7 Å². The molecule has 1 N–H and O–H groups in total. The molecule has 0 bridgehead atoms. The maximum atomic E-state index is 11.4. The van der Waals surface area contributed by atoms with Crippen LogP contribution >= 0.6 is 0 Å². The van der Waals surface area contributed by atoms with Crippen molar-refractivity contribution in [2.75, 3.05) is 19.8 Å². The van der Waals surface area contributed by atoms with Crippen LogP contribution < -0.4 is 10.3 Å². The average molecular weight is 335 g/mol. The van der Waals surface area contributed by atoms with Crippen molar-refractivity contribution in [1.29, 1.82) is 0 Å². The summed E-state index contributed by atoms with van der Waals surface area (Å²) >= 11 is 0. The molecule has 1 aliphatic rings. The summed E-state index contributed by atoms with van der Waals surface area (Å²) in [7, 11) is 0. The second-order valence-corrected chi connectivity index (χ2v) is 6.53. The minimum absolute atomic E-state index is 0.0993. The fourth-order valence-corrected chi connectivity index (χ4v) is 3.34. The van der Waals surface area contributed by atoms with Crippen molar-refractivity contribution >= 4 is 10.8 Å². The number of hydrogen-bond acceptors (Lipinski definition) is 3. The van der Waals surface area contributed by atoms with E-state index in [4.69, 9.17) is 9.47 Å². The summed E-state index contributed by atoms with van der Waals surface area (Å²) in [6, 6.07) is 15.8. The molecule has 0 radical (unpaired) electrons. The van der Waals surface area contributed by atoms with Gasteiger partial charge in [0.25, 0.3) is 0 Å². The second-order valence-electron chi connectivity index (χ2n) is 6.53. The minimum atomic E-state index is -0.0993. The van der Waals surface area contributed by atoms with E-state index in [0.29, 0.717) is 12.5 Å². The van der Waals surface area contributed by atoms with E-state index >= 15 is 0 Å². The molecule has 1 aliphatic heterocycles. The monoisotopic (exact) mass is 335 g/mol. The lowest BCUT2D eigenvalue weighted by atomic mass is 9.99. The maximum Gasteiger partial charge on any atom is 0.247 e. The first-order chi connectivity index (χ1) is 12.3. The Kier molecular flexibility index (Phi) is 4.53. The van der Waals surface area contributed by atoms with Gasteiger partial charge in [0.1, 0.15) is 5.75 Å². The maximum absolute atomic E-state index is 11.4. The Balaban J connectivity index is 1.68. The van der Waals surface area contributed by atoms with Gasteiger partial charge in [-0.15, -0.1) is 0 Å². The molecule has 0 aliphatic carbocycles. The van der Waals surface area contributed by atoms with Gasteiger partial charge in [-0.3, -0.25) is 4.79 Å². The number of H-pyrrole nitrogens is 1. The summed E-state index contributed by atoms with van der Waals surface area (Å²) in [4.78, 5) is 14.1. The number of ether oxygens (including phenoxy) is 2. The summed E-state index contributed by atoms with van der Waals surface area (Å²) in [6.07, 6.45) is 4.01. The summed E-state index contributed by atoms with van der Waals surface area (Å²) in [6.45, 7) is 2.31. The minimum Gasteiger partial charge on any atom is -0.493 e. The van der Waals surface area contributed by atoms with E-state index in [1.165, 1.54) is 0 Å². The van der Waals surface area contributed by atoms with Gasteiger partial charge in [0, 0.05) is 24.8 Å². The molecular formula is C21H21NO3. The molecule has 2 aromatic carbocycles. The van der Waals surface area contributed by atoms with Crippen LogP contribution in [-0.4, -0.2) is 24.8 Å². The molecule has 1 unspecified atom stereocenters. The number of hydrogen-bond donors (Lipinski definition) is 1. The van der Waals surface area contributed by atoms with Gasteiger partial charge >= 0.3 is 0 Å². The highest BCUT2D eigenvalue weighted by atomic mass is 16.5. The van der Waals surface area contributed by atoms with E-state index < -0.39 is 0 Å². The number of pyridine rings is 1. The molecule has 1 saturated heterocycles. The van der Waals surface area contributed by atoms with E-state index in [1.807, 2.05) is 18.2 Å². The standard InChI is InChI=1S/C21H21NO3/c23-21-8-7-17(12-22-21)20-11-18(10-16-5-1-2-6-19(16)20)25-14-15-4-3-9-24-13-15/h1-2,5-8,10-12,15H,3-4,9,13-14H2,(H,22,23). The zero-order valence-electron chi connectivity index (χ0n) is 14.0. The molecule has 1 atom stereocenters. The molecule has 4 heteroatoms. The van der Waals surface area contributed by atoms with Gasteiger partial charge in [-0.2, -0.15) is 0 Å². The highest BCUT2D eigenvalue weighted by Gasteiger charge is 2.15. The van der Waals surface area contributed by atoms with Gasteiger partial charge in [0.2, 0.25) is 5.56 Å². The zero-order valence-corrected chi connectivity index (χ0v) is 14.0. The van der Waals surface area contributed by atoms with Crippen LogP contribution in [0.5, 0.6) is 5.75 Å². The first-order valence-electron chi connectivity index (χ1n) is 8.72. The third-order valence-corrected chi connectivity index (χ3v) is 4.67. The lowest BCUT2D eigenvalue weighted by Gasteiger charge is -2.22. The van der Waals surface area contributed by atoms with Crippen molar-refractivity contribution in [3.63, 3.8) is 0 Å². The first-order valence-corrected chi connectivity index (χ1v) is 8.72. The molecule has 1 aromatic heterocycles. The van der Waals surface area contributed by atoms with Crippen LogP contribution in [0.25, 0.3) is 21.9 Å². The third-order valence-electron chi connectivity index (χ3n) is 4.67. The Bertz CT molecular complexity index is 905. The van der Waals surface area contributed by atoms with Crippen LogP contribution in [0.2, 0.25) is 0 Å². The van der Waals surface area contributed by atoms with Crippen LogP contribution in [0.4, 0.5) is 0 Å². The van der Waals surface area contributed by atoms with Crippen LogP contribution in [0.1, 0.15) is 12.8 Å². The Morgan fingerprint density at radius 2 is 2.08 bits per heavy atom. The van der Waals surface area contributed by atoms with Crippen molar-refractivity contribution in [2.45, 2.75) is 12.8 Å². The number of aromatic amines is 1. The average Bonchev–Trinajstić information content (AvgIpc) is 2.67. The molecular weight excluding hydrogens is 314 g/mol. The van der Waals surface area contributed by atoms with Gasteiger partial charge in [-0.05, 0) is 52.9 Å². The molecule has 0 spiro atoms. The number of fused-ring (bicyclic) bond motifs is 1. The number of nitrogens with one attached hydrogen (secondary N) is 1. The molecule has 0 amide bonds. The Hall–Kier alpha value is -2.59. The molecule has 3 aromatic rings. The van der Waals surface area contributed by atoms with E-state index in [9.17, 15) is 4.79 Å². The molecule has 25 heavy (non-hydrogen) atoms. The highest BCUT2D eigenvalue weighted by molar-refractivity contribution is 5.97. The van der Waals surface area contributed by atoms with Gasteiger partial charge < -0.3 is 14.5 Å². The molecule has 4 nitrogen and oxygen atoms in total. The molecule has 128 valence electrons. The van der Waals surface area contributed by atoms with Gasteiger partial charge in [-0.1, -0.05) is 24.3 Å². The smallest absolute Gasteiger partial charge is 0.247 e. The van der Waals surface area contributed by atoms with E-state index in [1.54, 1.807) is 12.3 Å². The van der Waals surface area contributed by atoms with Crippen molar-refractivity contribution in [2.24, 2.45) is 5.92 Å². The first kappa shape index (κ1) is 15.9. The predicted molar refractivity (Wildman–Crippen MR) is 99.0 cm³/mol. The third kappa shape index (κ3) is 3.59. The summed E-state index contributed by atoms with van der Waals surface area (Å²) in [5.41, 5.74) is 1.93. The lowest BCUT2D eigenvalue weighted by molar-refractivity contribution is 0.0352. The van der Waals surface area contributed by atoms with Crippen LogP contribution in [-0.2, 0) is 4.74 Å². The van der Waals surface area contributed by atoms with Crippen LogP contribution in [0.3, 0.4) is 0 Å². The summed E-state index contributed by atoms with van der Waals surface area (Å²) in [5.74, 6) is 1.31. The SMILES string of the molecule is O=c1ccc(-c2cc(OCC3CCCOC3)cc3ccccc23)c[nH]1. The zero-order chi connectivity index (χ0) is 17.1. The number of rotatable bonds is 4. The van der Waals surface area contributed by atoms with Crippen molar-refractivity contribution in [3.8, 4) is 16.9 Å². The Labute approximate surface area is 146 Å². The summed E-state index contributed by atoms with van der Waals surface area (Å²) in [5, 5.41) is 2.27. The van der Waals surface area contributed by atoms with Gasteiger partial charge in [0.05, 0.1) is 13.2 Å². The Morgan fingerprint density at radius 3 is 2.88 bits per heavy atom. The molecule has 2 heterocycles. The van der Waals surface area contributed by atoms with E-state index in [-0.39, 0.29) is 5.56 Å². The van der Waals surface area contributed by atoms with Gasteiger partial charge in [0.15, 0.2) is 0 Å². The van der Waals surface area contributed by atoms with Crippen LogP contribution in [0, 0.1) is 5.92 Å². The predicted octanol–water partition coefficient (Wildman–Crippen LogP) is 4.00. The normalized spacial score (nSPS) is 17.5. The van der Waals surface area contributed by atoms with Crippen molar-refractivity contribution in [3.05, 3.63) is 65.1 Å². The molecule has 4 rings (SSSR count). The van der Waals surface area contributed by atoms with Crippen molar-refractivity contribution < 1.29 is 9.47 Å². The fourth-order valence-electron chi connectivity index (χ4n) is 3.34. The van der Waals surface area contributed by atoms with Crippen LogP contribution in [0.15, 0.2) is 59.5 Å². The Morgan fingerprint density at radius 1 is 1.16 bits per heavy atom. The quantitative estimate of drug-likeness (QED) is 0.784. The number of benzene rings is 2.